The number of carbonyl (C=O) groups excluding carboxylic acids is 2. The molecule has 2 amide bonds. The lowest BCUT2D eigenvalue weighted by atomic mass is 9.87. The van der Waals surface area contributed by atoms with Crippen LogP contribution in [0.1, 0.15) is 40.9 Å². The van der Waals surface area contributed by atoms with Gasteiger partial charge in [0.05, 0.1) is 6.61 Å². The minimum absolute atomic E-state index is 0.00648. The van der Waals surface area contributed by atoms with Crippen molar-refractivity contribution < 1.29 is 18.7 Å². The third-order valence-corrected chi connectivity index (χ3v) is 5.60. The first-order valence-electron chi connectivity index (χ1n) is 10.6. The van der Waals surface area contributed by atoms with Crippen molar-refractivity contribution in [1.82, 2.24) is 9.97 Å². The minimum atomic E-state index is -0.720. The molecule has 0 spiro atoms. The Morgan fingerprint density at radius 3 is 2.61 bits per heavy atom. The zero-order valence-electron chi connectivity index (χ0n) is 18.0. The van der Waals surface area contributed by atoms with Crippen LogP contribution in [0.5, 0.6) is 5.75 Å². The topological polar surface area (TPSA) is 133 Å². The van der Waals surface area contributed by atoms with Crippen LogP contribution in [0.4, 0.5) is 10.2 Å². The lowest BCUT2D eigenvalue weighted by Crippen LogP contribution is -2.33. The molecule has 0 aliphatic carbocycles. The van der Waals surface area contributed by atoms with Gasteiger partial charge in [0.2, 0.25) is 5.91 Å². The van der Waals surface area contributed by atoms with E-state index in [0.717, 1.165) is 24.0 Å². The fraction of sp³-hybridized carbons (Fsp3) is 0.250. The average molecular weight is 449 g/mol. The molecule has 33 heavy (non-hydrogen) atoms. The van der Waals surface area contributed by atoms with Crippen LogP contribution in [-0.4, -0.2) is 34.4 Å². The number of nitrogens with two attached hydrogens (primary N) is 2. The number of carbonyl (C=O) groups is 2. The van der Waals surface area contributed by atoms with Crippen LogP contribution >= 0.6 is 0 Å². The van der Waals surface area contributed by atoms with Crippen molar-refractivity contribution >= 4 is 17.6 Å². The van der Waals surface area contributed by atoms with Gasteiger partial charge in [0.1, 0.15) is 29.1 Å². The molecule has 3 aromatic rings. The summed E-state index contributed by atoms with van der Waals surface area (Å²) in [4.78, 5) is 31.9. The number of ether oxygens (including phenoxy) is 1. The Kier molecular flexibility index (Phi) is 6.21. The Bertz CT molecular complexity index is 1200. The van der Waals surface area contributed by atoms with E-state index in [1.165, 1.54) is 18.2 Å². The van der Waals surface area contributed by atoms with E-state index in [1.54, 1.807) is 19.1 Å². The first-order valence-corrected chi connectivity index (χ1v) is 10.6. The van der Waals surface area contributed by atoms with Crippen LogP contribution < -0.4 is 21.5 Å². The molecule has 0 bridgehead atoms. The van der Waals surface area contributed by atoms with Gasteiger partial charge in [-0.1, -0.05) is 24.3 Å². The maximum absolute atomic E-state index is 13.2. The van der Waals surface area contributed by atoms with E-state index in [1.807, 2.05) is 18.2 Å². The number of benzene rings is 2. The summed E-state index contributed by atoms with van der Waals surface area (Å²) in [6, 6.07) is 12.8. The predicted molar refractivity (Wildman–Crippen MR) is 121 cm³/mol. The van der Waals surface area contributed by atoms with Gasteiger partial charge >= 0.3 is 0 Å². The second kappa shape index (κ2) is 9.23. The molecule has 0 saturated carbocycles. The average Bonchev–Trinajstić information content (AvgIpc) is 2.80. The highest BCUT2D eigenvalue weighted by Crippen LogP contribution is 2.38. The van der Waals surface area contributed by atoms with Crippen LogP contribution in [0.25, 0.3) is 11.4 Å². The Morgan fingerprint density at radius 2 is 1.91 bits per heavy atom. The predicted octanol–water partition coefficient (Wildman–Crippen LogP) is 2.78. The molecule has 2 heterocycles. The summed E-state index contributed by atoms with van der Waals surface area (Å²) in [5.74, 6) is -0.0932. The molecule has 9 heteroatoms. The van der Waals surface area contributed by atoms with Crippen LogP contribution in [0.15, 0.2) is 48.5 Å². The zero-order valence-corrected chi connectivity index (χ0v) is 18.0. The second-order valence-corrected chi connectivity index (χ2v) is 8.01. The van der Waals surface area contributed by atoms with Crippen molar-refractivity contribution in [1.29, 1.82) is 0 Å². The van der Waals surface area contributed by atoms with Crippen molar-refractivity contribution in [3.05, 3.63) is 71.2 Å². The molecule has 1 aliphatic heterocycles. The van der Waals surface area contributed by atoms with E-state index < -0.39 is 17.9 Å². The van der Waals surface area contributed by atoms with Crippen LogP contribution in [0.2, 0.25) is 0 Å². The van der Waals surface area contributed by atoms with Gasteiger partial charge in [0, 0.05) is 11.6 Å². The molecule has 2 unspecified atom stereocenters. The molecule has 0 saturated heterocycles. The number of hydrogen-bond donors (Lipinski definition) is 3. The van der Waals surface area contributed by atoms with Gasteiger partial charge in [-0.15, -0.1) is 0 Å². The molecular formula is C24H24FN5O3. The van der Waals surface area contributed by atoms with Crippen LogP contribution in [-0.2, 0) is 11.2 Å². The van der Waals surface area contributed by atoms with Gasteiger partial charge in [-0.05, 0) is 55.0 Å². The first kappa shape index (κ1) is 22.2. The highest BCUT2D eigenvalue weighted by atomic mass is 19.1. The monoisotopic (exact) mass is 449 g/mol. The number of nitrogens with one attached hydrogen (secondary N) is 1. The van der Waals surface area contributed by atoms with Gasteiger partial charge in [0.25, 0.3) is 5.91 Å². The lowest BCUT2D eigenvalue weighted by Gasteiger charge is -2.26. The number of amides is 2. The lowest BCUT2D eigenvalue weighted by molar-refractivity contribution is -0.118. The highest BCUT2D eigenvalue weighted by molar-refractivity contribution is 5.92. The molecule has 4 rings (SSSR count). The molecule has 0 radical (unpaired) electrons. The molecule has 2 atom stereocenters. The summed E-state index contributed by atoms with van der Waals surface area (Å²) >= 11 is 0. The van der Waals surface area contributed by atoms with Crippen molar-refractivity contribution in [3.63, 3.8) is 0 Å². The molecule has 5 N–H and O–H groups in total. The maximum atomic E-state index is 13.2. The van der Waals surface area contributed by atoms with Gasteiger partial charge in [-0.2, -0.15) is 0 Å². The van der Waals surface area contributed by atoms with Crippen molar-refractivity contribution in [2.24, 2.45) is 11.5 Å². The smallest absolute Gasteiger partial charge is 0.267 e. The summed E-state index contributed by atoms with van der Waals surface area (Å²) < 4.78 is 19.1. The number of hydrogen-bond acceptors (Lipinski definition) is 6. The molecule has 0 fully saturated rings. The quantitative estimate of drug-likeness (QED) is 0.508. The number of fused-ring (bicyclic) bond motifs is 1. The normalized spacial score (nSPS) is 15.8. The fourth-order valence-corrected chi connectivity index (χ4v) is 3.79. The van der Waals surface area contributed by atoms with Gasteiger partial charge < -0.3 is 21.5 Å². The summed E-state index contributed by atoms with van der Waals surface area (Å²) in [6.07, 6.45) is 1.61. The molecule has 1 aromatic heterocycles. The number of primary amides is 2. The Labute approximate surface area is 190 Å². The number of anilines is 1. The molecule has 1 aliphatic rings. The van der Waals surface area contributed by atoms with Crippen LogP contribution in [0.3, 0.4) is 0 Å². The number of aromatic nitrogens is 2. The number of rotatable bonds is 7. The Morgan fingerprint density at radius 1 is 1.15 bits per heavy atom. The van der Waals surface area contributed by atoms with Crippen molar-refractivity contribution in [3.8, 4) is 17.1 Å². The van der Waals surface area contributed by atoms with E-state index in [2.05, 4.69) is 15.3 Å². The first-order chi connectivity index (χ1) is 15.8. The number of halogens is 1. The Balaban J connectivity index is 1.65. The summed E-state index contributed by atoms with van der Waals surface area (Å²) in [6.45, 7) is 2.13. The number of nitrogens with zero attached hydrogens (tertiary/aromatic N) is 2. The van der Waals surface area contributed by atoms with Gasteiger partial charge in [0.15, 0.2) is 5.82 Å². The SMILES string of the molecule is CC(Nc1cc(C(N)=O)nc(-c2ccc3c(c2)OCCC3Cc2ccc(F)cc2)n1)C(N)=O. The fourth-order valence-electron chi connectivity index (χ4n) is 3.79. The third-order valence-electron chi connectivity index (χ3n) is 5.60. The summed E-state index contributed by atoms with van der Waals surface area (Å²) in [5, 5.41) is 2.86. The van der Waals surface area contributed by atoms with Gasteiger partial charge in [-0.3, -0.25) is 9.59 Å². The van der Waals surface area contributed by atoms with E-state index in [0.29, 0.717) is 17.9 Å². The minimum Gasteiger partial charge on any atom is -0.493 e. The molecule has 2 aromatic carbocycles. The Hall–Kier alpha value is -4.01. The third kappa shape index (κ3) is 5.08. The van der Waals surface area contributed by atoms with E-state index >= 15 is 0 Å². The summed E-state index contributed by atoms with van der Waals surface area (Å²) in [7, 11) is 0. The second-order valence-electron chi connectivity index (χ2n) is 8.01. The highest BCUT2D eigenvalue weighted by Gasteiger charge is 2.23. The summed E-state index contributed by atoms with van der Waals surface area (Å²) in [5.41, 5.74) is 13.5. The standard InChI is InChI=1S/C24H24FN5O3/c1-13(22(26)31)28-21-12-19(23(27)32)29-24(30-21)16-4-7-18-15(8-9-33-20(18)11-16)10-14-2-5-17(25)6-3-14/h2-7,11-13,15H,8-10H2,1H3,(H2,26,31)(H2,27,32)(H,28,29,30). The molecule has 8 nitrogen and oxygen atoms in total. The van der Waals surface area contributed by atoms with E-state index in [9.17, 15) is 14.0 Å². The van der Waals surface area contributed by atoms with Crippen molar-refractivity contribution in [2.75, 3.05) is 11.9 Å². The van der Waals surface area contributed by atoms with Crippen LogP contribution in [0, 0.1) is 5.82 Å². The largest absolute Gasteiger partial charge is 0.493 e. The van der Waals surface area contributed by atoms with Gasteiger partial charge in [-0.25, -0.2) is 14.4 Å². The van der Waals surface area contributed by atoms with E-state index in [-0.39, 0.29) is 29.1 Å². The van der Waals surface area contributed by atoms with Crippen molar-refractivity contribution in [2.45, 2.75) is 31.7 Å². The van der Waals surface area contributed by atoms with E-state index in [4.69, 9.17) is 16.2 Å². The molecular weight excluding hydrogens is 425 g/mol. The zero-order chi connectivity index (χ0) is 23.5. The maximum Gasteiger partial charge on any atom is 0.267 e. The molecule has 170 valence electrons.